The molecule has 0 amide bonds. The van der Waals surface area contributed by atoms with E-state index in [1.54, 1.807) is 0 Å². The number of ether oxygens (including phenoxy) is 1. The quantitative estimate of drug-likeness (QED) is 0.469. The van der Waals surface area contributed by atoms with E-state index in [0.717, 1.165) is 13.2 Å². The molecule has 1 aromatic heterocycles. The van der Waals surface area contributed by atoms with E-state index in [1.165, 1.54) is 0 Å². The van der Waals surface area contributed by atoms with E-state index in [1.807, 2.05) is 0 Å². The molecule has 0 saturated heterocycles. The van der Waals surface area contributed by atoms with E-state index in [0.29, 0.717) is 0 Å². The molecule has 8 heteroatoms. The van der Waals surface area contributed by atoms with Crippen molar-refractivity contribution in [2.45, 2.75) is 12.3 Å². The molecular formula is C8H7ClF2N2O3. The lowest BCUT2D eigenvalue weighted by Crippen LogP contribution is -2.03. The van der Waals surface area contributed by atoms with Gasteiger partial charge in [0.2, 0.25) is 0 Å². The van der Waals surface area contributed by atoms with Gasteiger partial charge < -0.3 is 14.9 Å². The molecular weight excluding hydrogens is 246 g/mol. The van der Waals surface area contributed by atoms with E-state index < -0.39 is 28.6 Å². The predicted molar refractivity (Wildman–Crippen MR) is 52.0 cm³/mol. The normalized spacial score (nSPS) is 10.6. The van der Waals surface area contributed by atoms with Crippen molar-refractivity contribution in [2.24, 2.45) is 0 Å². The van der Waals surface area contributed by atoms with Gasteiger partial charge in [0.05, 0.1) is 18.6 Å². The van der Waals surface area contributed by atoms with E-state index in [9.17, 15) is 18.9 Å². The van der Waals surface area contributed by atoms with Crippen LogP contribution in [-0.4, -0.2) is 17.0 Å². The van der Waals surface area contributed by atoms with Crippen LogP contribution in [0.4, 0.5) is 14.6 Å². The second kappa shape index (κ2) is 5.02. The van der Waals surface area contributed by atoms with Gasteiger partial charge in [-0.15, -0.1) is 11.6 Å². The van der Waals surface area contributed by atoms with Crippen LogP contribution in [-0.2, 0) is 5.88 Å². The van der Waals surface area contributed by atoms with Crippen molar-refractivity contribution >= 4 is 17.4 Å². The van der Waals surface area contributed by atoms with E-state index in [4.69, 9.17) is 11.6 Å². The lowest BCUT2D eigenvalue weighted by Gasteiger charge is -2.05. The average molecular weight is 253 g/mol. The lowest BCUT2D eigenvalue weighted by molar-refractivity contribution is -0.390. The van der Waals surface area contributed by atoms with Gasteiger partial charge in [-0.2, -0.15) is 0 Å². The van der Waals surface area contributed by atoms with Crippen molar-refractivity contribution < 1.29 is 18.4 Å². The highest BCUT2D eigenvalue weighted by molar-refractivity contribution is 6.17. The topological polar surface area (TPSA) is 65.3 Å². The molecule has 0 fully saturated rings. The fourth-order valence-corrected chi connectivity index (χ4v) is 1.32. The lowest BCUT2D eigenvalue weighted by atomic mass is 10.2. The molecule has 0 bridgehead atoms. The van der Waals surface area contributed by atoms with Crippen molar-refractivity contribution in [1.82, 2.24) is 4.98 Å². The minimum atomic E-state index is -2.83. The van der Waals surface area contributed by atoms with Crippen LogP contribution in [0, 0.1) is 10.1 Å². The SMILES string of the molecule is COc1nc([N+](=O)[O-])c(CCl)cc1C(F)F. The molecule has 0 N–H and O–H groups in total. The van der Waals surface area contributed by atoms with Gasteiger partial charge in [0.15, 0.2) is 0 Å². The number of rotatable bonds is 4. The first-order valence-corrected chi connectivity index (χ1v) is 4.61. The fourth-order valence-electron chi connectivity index (χ4n) is 1.12. The summed E-state index contributed by atoms with van der Waals surface area (Å²) < 4.78 is 29.6. The Morgan fingerprint density at radius 3 is 2.69 bits per heavy atom. The smallest absolute Gasteiger partial charge is 0.372 e. The molecule has 1 rings (SSSR count). The fraction of sp³-hybridized carbons (Fsp3) is 0.375. The van der Waals surface area contributed by atoms with Crippen LogP contribution in [0.15, 0.2) is 6.07 Å². The summed E-state index contributed by atoms with van der Waals surface area (Å²) in [6.07, 6.45) is -2.83. The first-order chi connectivity index (χ1) is 7.51. The Morgan fingerprint density at radius 1 is 1.69 bits per heavy atom. The molecule has 88 valence electrons. The maximum Gasteiger partial charge on any atom is 0.372 e. The van der Waals surface area contributed by atoms with Crippen LogP contribution >= 0.6 is 11.6 Å². The first-order valence-electron chi connectivity index (χ1n) is 4.07. The Hall–Kier alpha value is -1.50. The van der Waals surface area contributed by atoms with E-state index in [-0.39, 0.29) is 11.4 Å². The Balaban J connectivity index is 3.40. The molecule has 0 aliphatic carbocycles. The third-order valence-corrected chi connectivity index (χ3v) is 2.10. The number of aromatic nitrogens is 1. The highest BCUT2D eigenvalue weighted by atomic mass is 35.5. The van der Waals surface area contributed by atoms with Crippen LogP contribution in [0.25, 0.3) is 0 Å². The molecule has 16 heavy (non-hydrogen) atoms. The van der Waals surface area contributed by atoms with Crippen molar-refractivity contribution in [3.05, 3.63) is 27.3 Å². The monoisotopic (exact) mass is 252 g/mol. The summed E-state index contributed by atoms with van der Waals surface area (Å²) in [5.41, 5.74) is -0.577. The summed E-state index contributed by atoms with van der Waals surface area (Å²) in [4.78, 5) is 13.2. The number of methoxy groups -OCH3 is 1. The van der Waals surface area contributed by atoms with Gasteiger partial charge in [0.1, 0.15) is 5.56 Å². The molecule has 0 saturated carbocycles. The Kier molecular flexibility index (Phi) is 3.94. The number of alkyl halides is 3. The summed E-state index contributed by atoms with van der Waals surface area (Å²) in [6, 6.07) is 0.932. The Bertz CT molecular complexity index is 415. The maximum atomic E-state index is 12.5. The summed E-state index contributed by atoms with van der Waals surface area (Å²) in [5, 5.41) is 10.6. The number of pyridine rings is 1. The summed E-state index contributed by atoms with van der Waals surface area (Å²) in [5.74, 6) is -1.31. The van der Waals surface area contributed by atoms with Crippen LogP contribution in [0.1, 0.15) is 17.6 Å². The summed E-state index contributed by atoms with van der Waals surface area (Å²) >= 11 is 5.42. The van der Waals surface area contributed by atoms with Crippen molar-refractivity contribution in [3.8, 4) is 5.88 Å². The van der Waals surface area contributed by atoms with Crippen molar-refractivity contribution in [2.75, 3.05) is 7.11 Å². The van der Waals surface area contributed by atoms with Gasteiger partial charge in [-0.3, -0.25) is 0 Å². The molecule has 0 aliphatic heterocycles. The third kappa shape index (κ3) is 2.35. The number of hydrogen-bond donors (Lipinski definition) is 0. The molecule has 1 heterocycles. The minimum Gasteiger partial charge on any atom is -0.462 e. The van der Waals surface area contributed by atoms with Crippen LogP contribution in [0.2, 0.25) is 0 Å². The van der Waals surface area contributed by atoms with E-state index >= 15 is 0 Å². The standard InChI is InChI=1S/C8H7ClF2N2O3/c1-16-8-5(6(10)11)2-4(3-9)7(12-8)13(14)15/h2,6H,3H2,1H3. The molecule has 1 aromatic rings. The van der Waals surface area contributed by atoms with Crippen molar-refractivity contribution in [1.29, 1.82) is 0 Å². The van der Waals surface area contributed by atoms with Crippen LogP contribution in [0.5, 0.6) is 5.88 Å². The van der Waals surface area contributed by atoms with Gasteiger partial charge in [-0.1, -0.05) is 0 Å². The number of nitrogens with zero attached hydrogens (tertiary/aromatic N) is 2. The second-order valence-electron chi connectivity index (χ2n) is 2.76. The summed E-state index contributed by atoms with van der Waals surface area (Å²) in [7, 11) is 1.11. The van der Waals surface area contributed by atoms with Gasteiger partial charge in [-0.05, 0) is 11.0 Å². The van der Waals surface area contributed by atoms with E-state index in [2.05, 4.69) is 9.72 Å². The summed E-state index contributed by atoms with van der Waals surface area (Å²) in [6.45, 7) is 0. The zero-order chi connectivity index (χ0) is 12.3. The highest BCUT2D eigenvalue weighted by Crippen LogP contribution is 2.32. The second-order valence-corrected chi connectivity index (χ2v) is 3.03. The third-order valence-electron chi connectivity index (χ3n) is 1.82. The molecule has 0 spiro atoms. The maximum absolute atomic E-state index is 12.5. The Labute approximate surface area is 94.1 Å². The Morgan fingerprint density at radius 2 is 2.31 bits per heavy atom. The first kappa shape index (κ1) is 12.6. The number of hydrogen-bond acceptors (Lipinski definition) is 4. The minimum absolute atomic E-state index is 0.0669. The van der Waals surface area contributed by atoms with Gasteiger partial charge in [-0.25, -0.2) is 8.78 Å². The van der Waals surface area contributed by atoms with Crippen LogP contribution in [0.3, 0.4) is 0 Å². The molecule has 0 radical (unpaired) electrons. The molecule has 0 aromatic carbocycles. The van der Waals surface area contributed by atoms with Crippen molar-refractivity contribution in [3.63, 3.8) is 0 Å². The average Bonchev–Trinajstić information content (AvgIpc) is 2.26. The predicted octanol–water partition coefficient (Wildman–Crippen LogP) is 2.67. The number of halogens is 3. The molecule has 0 atom stereocenters. The largest absolute Gasteiger partial charge is 0.462 e. The highest BCUT2D eigenvalue weighted by Gasteiger charge is 2.26. The zero-order valence-electron chi connectivity index (χ0n) is 8.11. The van der Waals surface area contributed by atoms with Gasteiger partial charge >= 0.3 is 11.7 Å². The van der Waals surface area contributed by atoms with Crippen LogP contribution < -0.4 is 4.74 Å². The molecule has 0 aliphatic rings. The number of nitro groups is 1. The van der Waals surface area contributed by atoms with Gasteiger partial charge in [0.25, 0.3) is 6.43 Å². The molecule has 5 nitrogen and oxygen atoms in total. The molecule has 0 unspecified atom stereocenters. The van der Waals surface area contributed by atoms with Gasteiger partial charge in [0, 0.05) is 4.98 Å². The zero-order valence-corrected chi connectivity index (χ0v) is 8.87.